The highest BCUT2D eigenvalue weighted by molar-refractivity contribution is 7.88. The lowest BCUT2D eigenvalue weighted by Crippen LogP contribution is -2.42. The second-order valence-electron chi connectivity index (χ2n) is 4.03. The number of hydrogen-bond acceptors (Lipinski definition) is 5. The van der Waals surface area contributed by atoms with Gasteiger partial charge in [-0.25, -0.2) is 13.1 Å². The van der Waals surface area contributed by atoms with E-state index in [1.165, 1.54) is 0 Å². The van der Waals surface area contributed by atoms with Crippen LogP contribution in [0.5, 0.6) is 0 Å². The number of sulfonamides is 1. The van der Waals surface area contributed by atoms with Crippen LogP contribution in [0.1, 0.15) is 12.0 Å². The molecule has 0 heterocycles. The van der Waals surface area contributed by atoms with Gasteiger partial charge < -0.3 is 9.84 Å². The Morgan fingerprint density at radius 3 is 2.40 bits per heavy atom. The van der Waals surface area contributed by atoms with Crippen LogP contribution in [0.25, 0.3) is 0 Å². The maximum absolute atomic E-state index is 11.9. The van der Waals surface area contributed by atoms with Crippen molar-refractivity contribution in [2.45, 2.75) is 18.2 Å². The first-order chi connectivity index (χ1) is 9.34. The number of aliphatic carboxylic acids is 1. The molecule has 110 valence electrons. The molecule has 0 aromatic heterocycles. The quantitative estimate of drug-likeness (QED) is 0.692. The van der Waals surface area contributed by atoms with Crippen molar-refractivity contribution in [1.29, 1.82) is 0 Å². The van der Waals surface area contributed by atoms with E-state index in [-0.39, 0.29) is 5.75 Å². The van der Waals surface area contributed by atoms with E-state index in [1.54, 1.807) is 30.3 Å². The molecule has 1 atom stereocenters. The molecule has 0 bridgehead atoms. The van der Waals surface area contributed by atoms with Gasteiger partial charge in [0.2, 0.25) is 10.0 Å². The minimum atomic E-state index is -3.87. The van der Waals surface area contributed by atoms with E-state index < -0.39 is 34.4 Å². The van der Waals surface area contributed by atoms with Crippen LogP contribution in [0.4, 0.5) is 0 Å². The molecule has 0 saturated carbocycles. The van der Waals surface area contributed by atoms with Gasteiger partial charge in [0, 0.05) is 0 Å². The molecule has 0 fully saturated rings. The summed E-state index contributed by atoms with van der Waals surface area (Å²) < 4.78 is 30.0. The van der Waals surface area contributed by atoms with Gasteiger partial charge in [0.25, 0.3) is 0 Å². The number of benzene rings is 1. The molecule has 1 aromatic carbocycles. The summed E-state index contributed by atoms with van der Waals surface area (Å²) in [6.45, 7) is 0. The summed E-state index contributed by atoms with van der Waals surface area (Å²) in [6, 6.07) is 6.75. The highest BCUT2D eigenvalue weighted by Gasteiger charge is 2.27. The highest BCUT2D eigenvalue weighted by atomic mass is 32.2. The van der Waals surface area contributed by atoms with E-state index in [4.69, 9.17) is 5.11 Å². The second kappa shape index (κ2) is 7.01. The van der Waals surface area contributed by atoms with Crippen LogP contribution in [-0.2, 0) is 30.1 Å². The minimum Gasteiger partial charge on any atom is -0.480 e. The van der Waals surface area contributed by atoms with Crippen LogP contribution < -0.4 is 4.72 Å². The van der Waals surface area contributed by atoms with E-state index in [1.807, 2.05) is 4.72 Å². The monoisotopic (exact) mass is 301 g/mol. The molecule has 0 spiro atoms. The standard InChI is InChI=1S/C12H15NO6S/c1-19-11(14)7-10(12(15)16)13-20(17,18)8-9-5-3-2-4-6-9/h2-6,10,13H,7-8H2,1H3,(H,15,16)/t10-/m0/s1. The first kappa shape index (κ1) is 16.1. The van der Waals surface area contributed by atoms with E-state index in [2.05, 4.69) is 4.74 Å². The third kappa shape index (κ3) is 5.37. The zero-order valence-electron chi connectivity index (χ0n) is 10.8. The Bertz CT molecular complexity index is 569. The lowest BCUT2D eigenvalue weighted by Gasteiger charge is -2.13. The SMILES string of the molecule is COC(=O)C[C@H](NS(=O)(=O)Cc1ccccc1)C(=O)O. The van der Waals surface area contributed by atoms with Gasteiger partial charge in [-0.3, -0.25) is 9.59 Å². The Morgan fingerprint density at radius 1 is 1.30 bits per heavy atom. The fourth-order valence-electron chi connectivity index (χ4n) is 1.48. The molecular formula is C12H15NO6S. The number of methoxy groups -OCH3 is 1. The fraction of sp³-hybridized carbons (Fsp3) is 0.333. The maximum Gasteiger partial charge on any atom is 0.322 e. The van der Waals surface area contributed by atoms with E-state index in [0.29, 0.717) is 5.56 Å². The Hall–Kier alpha value is -1.93. The Labute approximate surface area is 116 Å². The van der Waals surface area contributed by atoms with Gasteiger partial charge in [-0.15, -0.1) is 0 Å². The summed E-state index contributed by atoms with van der Waals surface area (Å²) >= 11 is 0. The second-order valence-corrected chi connectivity index (χ2v) is 5.79. The number of carboxylic acid groups (broad SMARTS) is 1. The van der Waals surface area contributed by atoms with Crippen molar-refractivity contribution < 1.29 is 27.9 Å². The Balaban J connectivity index is 2.76. The Kier molecular flexibility index (Phi) is 5.66. The highest BCUT2D eigenvalue weighted by Crippen LogP contribution is 2.06. The van der Waals surface area contributed by atoms with Gasteiger partial charge in [-0.05, 0) is 5.56 Å². The number of ether oxygens (including phenoxy) is 1. The van der Waals surface area contributed by atoms with Gasteiger partial charge in [0.05, 0.1) is 19.3 Å². The van der Waals surface area contributed by atoms with Crippen LogP contribution in [0, 0.1) is 0 Å². The molecule has 20 heavy (non-hydrogen) atoms. The molecule has 0 aliphatic rings. The van der Waals surface area contributed by atoms with Crippen molar-refractivity contribution >= 4 is 22.0 Å². The molecule has 0 aliphatic carbocycles. The summed E-state index contributed by atoms with van der Waals surface area (Å²) in [4.78, 5) is 22.0. The molecule has 0 aliphatic heterocycles. The molecule has 0 radical (unpaired) electrons. The molecule has 1 aromatic rings. The first-order valence-corrected chi connectivity index (χ1v) is 7.33. The predicted octanol–water partition coefficient (Wildman–Crippen LogP) is 0.122. The van der Waals surface area contributed by atoms with Gasteiger partial charge in [0.15, 0.2) is 0 Å². The number of rotatable bonds is 7. The number of esters is 1. The molecule has 2 N–H and O–H groups in total. The summed E-state index contributed by atoms with van der Waals surface area (Å²) in [5, 5.41) is 8.91. The third-order valence-corrected chi connectivity index (χ3v) is 3.77. The van der Waals surface area contributed by atoms with Crippen molar-refractivity contribution in [1.82, 2.24) is 4.72 Å². The number of nitrogens with one attached hydrogen (secondary N) is 1. The lowest BCUT2D eigenvalue weighted by atomic mass is 10.2. The van der Waals surface area contributed by atoms with Crippen molar-refractivity contribution in [2.24, 2.45) is 0 Å². The topological polar surface area (TPSA) is 110 Å². The van der Waals surface area contributed by atoms with Gasteiger partial charge in [0.1, 0.15) is 6.04 Å². The van der Waals surface area contributed by atoms with Crippen LogP contribution in [0.2, 0.25) is 0 Å². The van der Waals surface area contributed by atoms with Crippen LogP contribution in [-0.4, -0.2) is 38.6 Å². The molecule has 1 rings (SSSR count). The van der Waals surface area contributed by atoms with Crippen LogP contribution in [0.15, 0.2) is 30.3 Å². The van der Waals surface area contributed by atoms with Gasteiger partial charge in [-0.1, -0.05) is 30.3 Å². The number of carbonyl (C=O) groups is 2. The molecule has 8 heteroatoms. The van der Waals surface area contributed by atoms with Crippen LogP contribution >= 0.6 is 0 Å². The van der Waals surface area contributed by atoms with E-state index in [0.717, 1.165) is 7.11 Å². The summed E-state index contributed by atoms with van der Waals surface area (Å²) in [6.07, 6.45) is -0.570. The Morgan fingerprint density at radius 2 is 1.90 bits per heavy atom. The lowest BCUT2D eigenvalue weighted by molar-refractivity contribution is -0.147. The van der Waals surface area contributed by atoms with Crippen molar-refractivity contribution in [3.63, 3.8) is 0 Å². The molecular weight excluding hydrogens is 286 g/mol. The zero-order valence-corrected chi connectivity index (χ0v) is 11.6. The largest absolute Gasteiger partial charge is 0.480 e. The molecule has 0 amide bonds. The number of carbonyl (C=O) groups excluding carboxylic acids is 1. The maximum atomic E-state index is 11.9. The molecule has 0 unspecified atom stereocenters. The van der Waals surface area contributed by atoms with Crippen molar-refractivity contribution in [3.05, 3.63) is 35.9 Å². The fourth-order valence-corrected chi connectivity index (χ4v) is 2.81. The van der Waals surface area contributed by atoms with Crippen LogP contribution in [0.3, 0.4) is 0 Å². The molecule has 0 saturated heterocycles. The predicted molar refractivity (Wildman–Crippen MR) is 70.3 cm³/mol. The summed E-state index contributed by atoms with van der Waals surface area (Å²) in [7, 11) is -2.77. The molecule has 7 nitrogen and oxygen atoms in total. The average Bonchev–Trinajstić information content (AvgIpc) is 2.38. The van der Waals surface area contributed by atoms with Crippen molar-refractivity contribution in [2.75, 3.05) is 7.11 Å². The first-order valence-electron chi connectivity index (χ1n) is 5.67. The van der Waals surface area contributed by atoms with Gasteiger partial charge in [-0.2, -0.15) is 0 Å². The smallest absolute Gasteiger partial charge is 0.322 e. The summed E-state index contributed by atoms with van der Waals surface area (Å²) in [5.74, 6) is -2.61. The zero-order chi connectivity index (χ0) is 15.2. The van der Waals surface area contributed by atoms with E-state index >= 15 is 0 Å². The summed E-state index contributed by atoms with van der Waals surface area (Å²) in [5.41, 5.74) is 0.516. The van der Waals surface area contributed by atoms with E-state index in [9.17, 15) is 18.0 Å². The normalized spacial score (nSPS) is 12.7. The average molecular weight is 301 g/mol. The number of carboxylic acids is 1. The van der Waals surface area contributed by atoms with Crippen molar-refractivity contribution in [3.8, 4) is 0 Å². The minimum absolute atomic E-state index is 0.362. The third-order valence-electron chi connectivity index (χ3n) is 2.42. The number of hydrogen-bond donors (Lipinski definition) is 2. The van der Waals surface area contributed by atoms with Gasteiger partial charge >= 0.3 is 11.9 Å².